The van der Waals surface area contributed by atoms with Crippen LogP contribution in [0.2, 0.25) is 0 Å². The molecule has 0 bridgehead atoms. The zero-order chi connectivity index (χ0) is 21.8. The maximum atomic E-state index is 11.0. The highest BCUT2D eigenvalue weighted by molar-refractivity contribution is 7.19. The largest absolute Gasteiger partial charge is 0.507 e. The molecule has 0 aliphatic rings. The van der Waals surface area contributed by atoms with E-state index in [1.807, 2.05) is 30.3 Å². The number of phenolic OH excluding ortho intramolecular Hbond substituents is 1. The van der Waals surface area contributed by atoms with Crippen molar-refractivity contribution in [3.63, 3.8) is 0 Å². The molecule has 1 heterocycles. The Kier molecular flexibility index (Phi) is 5.72. The van der Waals surface area contributed by atoms with Crippen molar-refractivity contribution < 1.29 is 14.8 Å². The molecule has 0 aliphatic heterocycles. The van der Waals surface area contributed by atoms with E-state index in [0.29, 0.717) is 16.4 Å². The highest BCUT2D eigenvalue weighted by atomic mass is 32.1. The molecule has 0 saturated heterocycles. The number of methoxy groups -OCH3 is 1. The standard InChI is InChI=1S/C23H17N3O4S/c1-30-19-12-8-15(9-13-19)21-22(16-6-10-18(11-7-16)26(28)29)31-23(25-21)24-14-17-4-2-3-5-20(17)27/h2-14,27H,1H3/b24-14-. The number of aliphatic imine (C=N–C) groups is 1. The minimum Gasteiger partial charge on any atom is -0.507 e. The number of nitro benzene ring substituents is 1. The van der Waals surface area contributed by atoms with E-state index in [0.717, 1.165) is 21.8 Å². The monoisotopic (exact) mass is 431 g/mol. The van der Waals surface area contributed by atoms with Crippen LogP contribution in [0.1, 0.15) is 5.56 Å². The van der Waals surface area contributed by atoms with Crippen LogP contribution in [0.25, 0.3) is 21.7 Å². The molecule has 3 aromatic carbocycles. The van der Waals surface area contributed by atoms with Gasteiger partial charge in [0.05, 0.1) is 22.6 Å². The van der Waals surface area contributed by atoms with Gasteiger partial charge < -0.3 is 9.84 Å². The number of hydrogen-bond acceptors (Lipinski definition) is 7. The van der Waals surface area contributed by atoms with Gasteiger partial charge in [0, 0.05) is 29.5 Å². The van der Waals surface area contributed by atoms with Crippen LogP contribution in [-0.4, -0.2) is 28.3 Å². The van der Waals surface area contributed by atoms with Crippen molar-refractivity contribution >= 4 is 28.4 Å². The molecule has 4 aromatic rings. The molecule has 1 N–H and O–H groups in total. The minimum atomic E-state index is -0.428. The first-order chi connectivity index (χ1) is 15.0. The van der Waals surface area contributed by atoms with Gasteiger partial charge in [0.25, 0.3) is 5.69 Å². The van der Waals surface area contributed by atoms with E-state index in [1.54, 1.807) is 43.7 Å². The van der Waals surface area contributed by atoms with Crippen LogP contribution in [0.15, 0.2) is 77.8 Å². The lowest BCUT2D eigenvalue weighted by molar-refractivity contribution is -0.384. The van der Waals surface area contributed by atoms with Crippen LogP contribution >= 0.6 is 11.3 Å². The SMILES string of the molecule is COc1ccc(-c2nc(/N=C\c3ccccc3O)sc2-c2ccc([N+](=O)[O-])cc2)cc1. The Morgan fingerprint density at radius 1 is 1.03 bits per heavy atom. The third kappa shape index (κ3) is 4.44. The van der Waals surface area contributed by atoms with Crippen LogP contribution in [0.5, 0.6) is 11.5 Å². The molecule has 0 unspecified atom stereocenters. The van der Waals surface area contributed by atoms with Gasteiger partial charge in [-0.2, -0.15) is 0 Å². The van der Waals surface area contributed by atoms with E-state index < -0.39 is 4.92 Å². The van der Waals surface area contributed by atoms with Gasteiger partial charge in [0.15, 0.2) is 0 Å². The number of ether oxygens (including phenoxy) is 1. The quantitative estimate of drug-likeness (QED) is 0.235. The third-order valence-electron chi connectivity index (χ3n) is 4.57. The summed E-state index contributed by atoms with van der Waals surface area (Å²) in [6, 6.07) is 20.7. The maximum absolute atomic E-state index is 11.0. The normalized spacial score (nSPS) is 11.0. The minimum absolute atomic E-state index is 0.0251. The van der Waals surface area contributed by atoms with Gasteiger partial charge in [-0.3, -0.25) is 10.1 Å². The van der Waals surface area contributed by atoms with Gasteiger partial charge in [-0.05, 0) is 54.1 Å². The Hall–Kier alpha value is -4.04. The van der Waals surface area contributed by atoms with Crippen molar-refractivity contribution in [1.29, 1.82) is 0 Å². The van der Waals surface area contributed by atoms with Gasteiger partial charge in [0.1, 0.15) is 11.5 Å². The van der Waals surface area contributed by atoms with Crippen molar-refractivity contribution in [2.45, 2.75) is 0 Å². The molecule has 0 saturated carbocycles. The van der Waals surface area contributed by atoms with Crippen LogP contribution in [0.3, 0.4) is 0 Å². The van der Waals surface area contributed by atoms with Crippen LogP contribution in [0, 0.1) is 10.1 Å². The van der Waals surface area contributed by atoms with Crippen LogP contribution in [0.4, 0.5) is 10.8 Å². The van der Waals surface area contributed by atoms with Crippen molar-refractivity contribution in [2.75, 3.05) is 7.11 Å². The van der Waals surface area contributed by atoms with Gasteiger partial charge in [-0.1, -0.05) is 23.5 Å². The first kappa shape index (κ1) is 20.2. The molecule has 0 aliphatic carbocycles. The molecule has 0 amide bonds. The van der Waals surface area contributed by atoms with Crippen LogP contribution in [-0.2, 0) is 0 Å². The number of rotatable bonds is 6. The lowest BCUT2D eigenvalue weighted by Gasteiger charge is -2.04. The second-order valence-corrected chi connectivity index (χ2v) is 7.50. The van der Waals surface area contributed by atoms with E-state index in [4.69, 9.17) is 4.74 Å². The number of aromatic hydroxyl groups is 1. The van der Waals surface area contributed by atoms with Crippen molar-refractivity contribution in [3.8, 4) is 33.2 Å². The number of nitro groups is 1. The highest BCUT2D eigenvalue weighted by Gasteiger charge is 2.16. The highest BCUT2D eigenvalue weighted by Crippen LogP contribution is 2.41. The predicted molar refractivity (Wildman–Crippen MR) is 122 cm³/mol. The summed E-state index contributed by atoms with van der Waals surface area (Å²) in [7, 11) is 1.60. The summed E-state index contributed by atoms with van der Waals surface area (Å²) in [5.41, 5.74) is 3.00. The number of phenols is 1. The summed E-state index contributed by atoms with van der Waals surface area (Å²) >= 11 is 1.36. The molecule has 0 atom stereocenters. The summed E-state index contributed by atoms with van der Waals surface area (Å²) in [5, 5.41) is 21.4. The molecular weight excluding hydrogens is 414 g/mol. The summed E-state index contributed by atoms with van der Waals surface area (Å²) in [5.74, 6) is 0.863. The molecule has 0 fully saturated rings. The summed E-state index contributed by atoms with van der Waals surface area (Å²) in [4.78, 5) is 20.5. The topological polar surface area (TPSA) is 97.9 Å². The fraction of sp³-hybridized carbons (Fsp3) is 0.0435. The molecule has 8 heteroatoms. The van der Waals surface area contributed by atoms with Crippen LogP contribution < -0.4 is 4.74 Å². The lowest BCUT2D eigenvalue weighted by atomic mass is 10.1. The number of non-ortho nitro benzene ring substituents is 1. The Morgan fingerprint density at radius 3 is 2.35 bits per heavy atom. The molecule has 0 spiro atoms. The zero-order valence-electron chi connectivity index (χ0n) is 16.4. The summed E-state index contributed by atoms with van der Waals surface area (Å²) < 4.78 is 5.23. The molecule has 154 valence electrons. The average Bonchev–Trinajstić information content (AvgIpc) is 3.23. The maximum Gasteiger partial charge on any atom is 0.269 e. The molecule has 4 rings (SSSR count). The predicted octanol–water partition coefficient (Wildman–Crippen LogP) is 5.85. The summed E-state index contributed by atoms with van der Waals surface area (Å²) in [6.45, 7) is 0. The fourth-order valence-electron chi connectivity index (χ4n) is 2.96. The van der Waals surface area contributed by atoms with E-state index in [2.05, 4.69) is 9.98 Å². The second-order valence-electron chi connectivity index (χ2n) is 6.52. The average molecular weight is 431 g/mol. The van der Waals surface area contributed by atoms with E-state index in [1.165, 1.54) is 23.5 Å². The first-order valence-corrected chi connectivity index (χ1v) is 10.1. The lowest BCUT2D eigenvalue weighted by Crippen LogP contribution is -1.88. The second kappa shape index (κ2) is 8.76. The molecule has 0 radical (unpaired) electrons. The zero-order valence-corrected chi connectivity index (χ0v) is 17.2. The van der Waals surface area contributed by atoms with E-state index in [-0.39, 0.29) is 11.4 Å². The first-order valence-electron chi connectivity index (χ1n) is 9.27. The van der Waals surface area contributed by atoms with Crippen molar-refractivity contribution in [2.24, 2.45) is 4.99 Å². The molecule has 1 aromatic heterocycles. The van der Waals surface area contributed by atoms with E-state index in [9.17, 15) is 15.2 Å². The van der Waals surface area contributed by atoms with Gasteiger partial charge in [-0.25, -0.2) is 9.98 Å². The number of hydrogen-bond donors (Lipinski definition) is 1. The third-order valence-corrected chi connectivity index (χ3v) is 5.58. The molecule has 7 nitrogen and oxygen atoms in total. The number of nitrogens with zero attached hydrogens (tertiary/aromatic N) is 3. The Labute approximate surface area is 182 Å². The van der Waals surface area contributed by atoms with Gasteiger partial charge in [-0.15, -0.1) is 0 Å². The number of thiazole rings is 1. The molecular formula is C23H17N3O4S. The Balaban J connectivity index is 1.77. The Morgan fingerprint density at radius 2 is 1.71 bits per heavy atom. The number of benzene rings is 3. The van der Waals surface area contributed by atoms with Gasteiger partial charge in [0.2, 0.25) is 5.13 Å². The molecule has 31 heavy (non-hydrogen) atoms. The van der Waals surface area contributed by atoms with Gasteiger partial charge >= 0.3 is 0 Å². The van der Waals surface area contributed by atoms with E-state index >= 15 is 0 Å². The smallest absolute Gasteiger partial charge is 0.269 e. The van der Waals surface area contributed by atoms with Crippen molar-refractivity contribution in [3.05, 3.63) is 88.5 Å². The summed E-state index contributed by atoms with van der Waals surface area (Å²) in [6.07, 6.45) is 1.56. The van der Waals surface area contributed by atoms with Crippen molar-refractivity contribution in [1.82, 2.24) is 4.98 Å². The Bertz CT molecular complexity index is 1250. The number of aromatic nitrogens is 1. The fourth-order valence-corrected chi connectivity index (χ4v) is 3.90. The number of para-hydroxylation sites is 1.